The monoisotopic (exact) mass is 768 g/mol. The van der Waals surface area contributed by atoms with Gasteiger partial charge in [-0.3, -0.25) is 9.13 Å². The molecule has 0 unspecified atom stereocenters. The summed E-state index contributed by atoms with van der Waals surface area (Å²) in [5.41, 5.74) is -9.04. The largest absolute Gasteiger partial charge is 0.497 e. The predicted octanol–water partition coefficient (Wildman–Crippen LogP) is 7.39. The topological polar surface area (TPSA) is 168 Å². The maximum atomic E-state index is 14.9. The maximum absolute atomic E-state index is 14.9. The number of rotatable bonds is 11. The van der Waals surface area contributed by atoms with Gasteiger partial charge in [0.2, 0.25) is 15.3 Å². The van der Waals surface area contributed by atoms with Crippen LogP contribution in [-0.4, -0.2) is 47.5 Å². The van der Waals surface area contributed by atoms with Crippen LogP contribution in [0.2, 0.25) is 0 Å². The number of aryl methyl sites for hydroxylation is 1. The Morgan fingerprint density at radius 3 is 1.50 bits per heavy atom. The number of ether oxygens (including phenoxy) is 2. The van der Waals surface area contributed by atoms with E-state index in [0.717, 1.165) is 30.3 Å². The second-order valence-corrected chi connectivity index (χ2v) is 16.3. The Bertz CT molecular complexity index is 2060. The highest BCUT2D eigenvalue weighted by molar-refractivity contribution is 7.91. The molecular formula is C31H28F6O10P2S. The summed E-state index contributed by atoms with van der Waals surface area (Å²) in [5, 5.41) is 0. The van der Waals surface area contributed by atoms with E-state index in [2.05, 4.69) is 0 Å². The molecule has 0 radical (unpaired) electrons. The number of benzene rings is 4. The number of sulfone groups is 1. The van der Waals surface area contributed by atoms with Gasteiger partial charge < -0.3 is 29.0 Å². The van der Waals surface area contributed by atoms with Crippen molar-refractivity contribution in [2.45, 2.75) is 46.8 Å². The Balaban J connectivity index is 1.84. The number of methoxy groups -OCH3 is 1. The van der Waals surface area contributed by atoms with E-state index < -0.39 is 83.1 Å². The average Bonchev–Trinajstić information content (AvgIpc) is 2.97. The lowest BCUT2D eigenvalue weighted by molar-refractivity contribution is -0.288. The van der Waals surface area contributed by atoms with Crippen molar-refractivity contribution in [1.29, 1.82) is 0 Å². The minimum absolute atomic E-state index is 0.00378. The first-order chi connectivity index (χ1) is 22.9. The molecule has 0 bridgehead atoms. The molecule has 0 aromatic heterocycles. The molecule has 4 rings (SSSR count). The minimum Gasteiger partial charge on any atom is -0.497 e. The van der Waals surface area contributed by atoms with E-state index in [1.807, 2.05) is 0 Å². The molecule has 0 atom stereocenters. The van der Waals surface area contributed by atoms with E-state index in [1.165, 1.54) is 38.3 Å². The second kappa shape index (κ2) is 13.8. The zero-order valence-electron chi connectivity index (χ0n) is 25.8. The van der Waals surface area contributed by atoms with Crippen molar-refractivity contribution in [3.05, 3.63) is 113 Å². The van der Waals surface area contributed by atoms with Gasteiger partial charge in [0.05, 0.1) is 29.2 Å². The number of halogens is 6. The Labute approximate surface area is 281 Å². The molecule has 4 aromatic carbocycles. The molecule has 0 fully saturated rings. The first-order valence-electron chi connectivity index (χ1n) is 14.0. The summed E-state index contributed by atoms with van der Waals surface area (Å²) >= 11 is 0. The van der Waals surface area contributed by atoms with E-state index in [1.54, 1.807) is 0 Å². The predicted molar refractivity (Wildman–Crippen MR) is 167 cm³/mol. The van der Waals surface area contributed by atoms with Gasteiger partial charge in [0, 0.05) is 5.56 Å². The third-order valence-corrected chi connectivity index (χ3v) is 10.9. The third-order valence-electron chi connectivity index (χ3n) is 7.61. The van der Waals surface area contributed by atoms with Crippen LogP contribution in [0.1, 0.15) is 27.8 Å². The zero-order valence-corrected chi connectivity index (χ0v) is 28.4. The fourth-order valence-electron chi connectivity index (χ4n) is 5.24. The minimum atomic E-state index is -6.15. The van der Waals surface area contributed by atoms with Gasteiger partial charge in [-0.1, -0.05) is 24.3 Å². The third kappa shape index (κ3) is 8.26. The molecule has 0 saturated carbocycles. The van der Waals surface area contributed by atoms with Gasteiger partial charge in [-0.15, -0.1) is 0 Å². The molecule has 4 aromatic rings. The quantitative estimate of drug-likeness (QED) is 0.0892. The number of alkyl halides is 6. The molecule has 4 N–H and O–H groups in total. The van der Waals surface area contributed by atoms with Crippen LogP contribution in [0.25, 0.3) is 0 Å². The van der Waals surface area contributed by atoms with Crippen LogP contribution in [-0.2, 0) is 36.7 Å². The molecule has 19 heteroatoms. The molecule has 0 aliphatic heterocycles. The molecular weight excluding hydrogens is 740 g/mol. The van der Waals surface area contributed by atoms with Gasteiger partial charge in [-0.25, -0.2) is 8.42 Å². The van der Waals surface area contributed by atoms with Gasteiger partial charge >= 0.3 is 27.5 Å². The fourth-order valence-corrected chi connectivity index (χ4v) is 7.98. The first-order valence-corrected chi connectivity index (χ1v) is 19.1. The summed E-state index contributed by atoms with van der Waals surface area (Å²) in [6.07, 6.45) is -14.8. The standard InChI is InChI=1S/C31H28F6O10P2S/c1-19-3-4-22(15-20(19)17-48(38,39)40)29(30(32,33)34,31(35,36)37)23-5-14-28(21(16-23)18-49(41,42)43)47-25-8-12-27(13-9-25)50(44,45)26-10-6-24(46-2)7-11-26/h3-16H,17-18H2,1-2H3,(H2,38,39,40)(H2,41,42,43). The van der Waals surface area contributed by atoms with E-state index in [9.17, 15) is 63.5 Å². The number of hydrogen-bond acceptors (Lipinski definition) is 6. The van der Waals surface area contributed by atoms with Crippen molar-refractivity contribution in [2.75, 3.05) is 7.11 Å². The van der Waals surface area contributed by atoms with Crippen LogP contribution < -0.4 is 9.47 Å². The Hall–Kier alpha value is -3.69. The molecule has 0 spiro atoms. The highest BCUT2D eigenvalue weighted by atomic mass is 32.2. The molecule has 0 aliphatic carbocycles. The summed E-state index contributed by atoms with van der Waals surface area (Å²) in [6.45, 7) is 1.24. The molecule has 10 nitrogen and oxygen atoms in total. The van der Waals surface area contributed by atoms with Crippen molar-refractivity contribution >= 4 is 25.0 Å². The molecule has 50 heavy (non-hydrogen) atoms. The Morgan fingerprint density at radius 2 is 1.06 bits per heavy atom. The summed E-state index contributed by atoms with van der Waals surface area (Å²) in [7, 11) is -12.8. The van der Waals surface area contributed by atoms with E-state index in [-0.39, 0.29) is 21.1 Å². The molecule has 0 saturated heterocycles. The van der Waals surface area contributed by atoms with E-state index in [0.29, 0.717) is 36.1 Å². The van der Waals surface area contributed by atoms with Crippen LogP contribution >= 0.6 is 15.2 Å². The fraction of sp³-hybridized carbons (Fsp3) is 0.226. The van der Waals surface area contributed by atoms with Crippen molar-refractivity contribution < 1.29 is 72.9 Å². The molecule has 0 heterocycles. The van der Waals surface area contributed by atoms with E-state index >= 15 is 0 Å². The first kappa shape index (κ1) is 39.1. The number of hydrogen-bond donors (Lipinski definition) is 4. The Kier molecular flexibility index (Phi) is 10.8. The Morgan fingerprint density at radius 1 is 0.640 bits per heavy atom. The average molecular weight is 769 g/mol. The van der Waals surface area contributed by atoms with Crippen LogP contribution in [0.15, 0.2) is 94.7 Å². The molecule has 0 amide bonds. The highest BCUT2D eigenvalue weighted by Crippen LogP contribution is 2.57. The second-order valence-electron chi connectivity index (χ2n) is 11.1. The smallest absolute Gasteiger partial charge is 0.411 e. The van der Waals surface area contributed by atoms with Crippen molar-refractivity contribution in [3.63, 3.8) is 0 Å². The zero-order chi connectivity index (χ0) is 37.5. The lowest BCUT2D eigenvalue weighted by atomic mass is 9.72. The van der Waals surface area contributed by atoms with Gasteiger partial charge in [0.25, 0.3) is 0 Å². The lowest BCUT2D eigenvalue weighted by Crippen LogP contribution is -2.54. The SMILES string of the molecule is COc1ccc(S(=O)(=O)c2ccc(Oc3ccc(C(c4ccc(C)c(CP(=O)(O)O)c4)(C(F)(F)F)C(F)(F)F)cc3CP(=O)(O)O)cc2)cc1. The van der Waals surface area contributed by atoms with E-state index in [4.69, 9.17) is 9.47 Å². The van der Waals surface area contributed by atoms with Gasteiger partial charge in [-0.2, -0.15) is 26.3 Å². The summed E-state index contributed by atoms with van der Waals surface area (Å²) in [5.74, 6) is -0.333. The maximum Gasteiger partial charge on any atom is 0.411 e. The van der Waals surface area contributed by atoms with Crippen LogP contribution in [0.4, 0.5) is 26.3 Å². The van der Waals surface area contributed by atoms with Crippen LogP contribution in [0.3, 0.4) is 0 Å². The van der Waals surface area contributed by atoms with Crippen molar-refractivity contribution in [2.24, 2.45) is 0 Å². The summed E-state index contributed by atoms with van der Waals surface area (Å²) in [4.78, 5) is 37.9. The summed E-state index contributed by atoms with van der Waals surface area (Å²) in [6, 6.07) is 13.0. The van der Waals surface area contributed by atoms with Crippen molar-refractivity contribution in [3.8, 4) is 17.2 Å². The highest BCUT2D eigenvalue weighted by Gasteiger charge is 2.72. The van der Waals surface area contributed by atoms with Gasteiger partial charge in [-0.05, 0) is 89.8 Å². The van der Waals surface area contributed by atoms with Crippen LogP contribution in [0, 0.1) is 6.92 Å². The lowest BCUT2D eigenvalue weighted by Gasteiger charge is -2.39. The van der Waals surface area contributed by atoms with Crippen LogP contribution in [0.5, 0.6) is 17.2 Å². The molecule has 270 valence electrons. The molecule has 0 aliphatic rings. The van der Waals surface area contributed by atoms with Gasteiger partial charge in [0.1, 0.15) is 17.2 Å². The van der Waals surface area contributed by atoms with Crippen molar-refractivity contribution in [1.82, 2.24) is 0 Å². The normalized spacial score (nSPS) is 13.3. The van der Waals surface area contributed by atoms with Gasteiger partial charge in [0.15, 0.2) is 0 Å². The summed E-state index contributed by atoms with van der Waals surface area (Å²) < 4.78 is 150.